The Kier molecular flexibility index (Phi) is 14.4. The molecule has 1 saturated heterocycles. The molecule has 3 N–H and O–H groups in total. The van der Waals surface area contributed by atoms with Crippen molar-refractivity contribution in [3.05, 3.63) is 103 Å². The molecule has 0 radical (unpaired) electrons. The molecule has 15 heteroatoms. The molecule has 5 atom stereocenters. The summed E-state index contributed by atoms with van der Waals surface area (Å²) in [7, 11) is 2.84. The molecular weight excluding hydrogens is 795 g/mol. The summed E-state index contributed by atoms with van der Waals surface area (Å²) in [5.41, 5.74) is 0.719. The SMILES string of the molecule is C=CCCC1C[C@]1(NC(=O)[C@@H]1C[C@@H](Oc2cc(-c3ccccc3)nc3cc(OC)ccc23)CN1C(=O)[C@H](CCNC(=O)OCc1ccccc1)NC(=O)OC(C)(C)C)C(=O)OC. The summed E-state index contributed by atoms with van der Waals surface area (Å²) in [4.78, 5) is 74.7. The molecule has 0 bridgehead atoms. The van der Waals surface area contributed by atoms with E-state index in [1.54, 1.807) is 46.1 Å². The molecule has 2 aliphatic rings. The number of rotatable bonds is 17. The van der Waals surface area contributed by atoms with Gasteiger partial charge in [-0.2, -0.15) is 0 Å². The van der Waals surface area contributed by atoms with Crippen molar-refractivity contribution >= 4 is 40.9 Å². The number of carbonyl (C=O) groups is 5. The van der Waals surface area contributed by atoms with Crippen LogP contribution in [0.25, 0.3) is 22.2 Å². The highest BCUT2D eigenvalue weighted by atomic mass is 16.6. The fourth-order valence-corrected chi connectivity index (χ4v) is 7.65. The lowest BCUT2D eigenvalue weighted by molar-refractivity contribution is -0.148. The number of pyridine rings is 1. The van der Waals surface area contributed by atoms with Crippen LogP contribution < -0.4 is 25.4 Å². The molecule has 2 heterocycles. The number of methoxy groups -OCH3 is 2. The van der Waals surface area contributed by atoms with Crippen LogP contribution in [-0.2, 0) is 35.2 Å². The van der Waals surface area contributed by atoms with E-state index in [2.05, 4.69) is 22.5 Å². The van der Waals surface area contributed by atoms with Crippen molar-refractivity contribution < 1.29 is 47.7 Å². The minimum atomic E-state index is -1.27. The van der Waals surface area contributed by atoms with Crippen LogP contribution >= 0.6 is 0 Å². The molecule has 1 aliphatic carbocycles. The molecule has 0 spiro atoms. The van der Waals surface area contributed by atoms with Crippen molar-refractivity contribution in [2.75, 3.05) is 27.3 Å². The number of alkyl carbamates (subject to hydrolysis) is 2. The lowest BCUT2D eigenvalue weighted by atomic mass is 10.1. The number of amides is 4. The molecule has 1 unspecified atom stereocenters. The topological polar surface area (TPSA) is 184 Å². The molecule has 2 fully saturated rings. The Morgan fingerprint density at radius 1 is 0.968 bits per heavy atom. The Hall–Kier alpha value is -6.64. The molecule has 3 aromatic carbocycles. The number of nitrogens with one attached hydrogen (secondary N) is 3. The van der Waals surface area contributed by atoms with E-state index in [0.29, 0.717) is 47.4 Å². The fraction of sp³-hybridized carbons (Fsp3) is 0.404. The Labute approximate surface area is 361 Å². The van der Waals surface area contributed by atoms with Gasteiger partial charge in [0.15, 0.2) is 0 Å². The summed E-state index contributed by atoms with van der Waals surface area (Å²) in [5.74, 6) is -0.907. The van der Waals surface area contributed by atoms with Gasteiger partial charge < -0.3 is 44.5 Å². The first-order valence-electron chi connectivity index (χ1n) is 20.7. The van der Waals surface area contributed by atoms with E-state index in [4.69, 9.17) is 28.7 Å². The number of aromatic nitrogens is 1. The molecule has 6 rings (SSSR count). The molecule has 1 aromatic heterocycles. The Morgan fingerprint density at radius 2 is 1.69 bits per heavy atom. The van der Waals surface area contributed by atoms with Gasteiger partial charge in [0, 0.05) is 36.0 Å². The van der Waals surface area contributed by atoms with Crippen LogP contribution in [-0.4, -0.2) is 96.5 Å². The van der Waals surface area contributed by atoms with E-state index in [9.17, 15) is 24.0 Å². The average Bonchev–Trinajstić information content (AvgIpc) is 3.80. The van der Waals surface area contributed by atoms with Gasteiger partial charge in [0.25, 0.3) is 0 Å². The molecule has 15 nitrogen and oxygen atoms in total. The zero-order valence-electron chi connectivity index (χ0n) is 35.8. The molecule has 1 saturated carbocycles. The number of fused-ring (bicyclic) bond motifs is 1. The van der Waals surface area contributed by atoms with E-state index in [0.717, 1.165) is 11.1 Å². The van der Waals surface area contributed by atoms with Gasteiger partial charge >= 0.3 is 18.2 Å². The van der Waals surface area contributed by atoms with E-state index in [1.165, 1.54) is 12.0 Å². The second-order valence-electron chi connectivity index (χ2n) is 16.4. The smallest absolute Gasteiger partial charge is 0.408 e. The summed E-state index contributed by atoms with van der Waals surface area (Å²) < 4.78 is 28.2. The zero-order valence-corrected chi connectivity index (χ0v) is 35.8. The highest BCUT2D eigenvalue weighted by Crippen LogP contribution is 2.48. The van der Waals surface area contributed by atoms with Crippen molar-refractivity contribution in [1.82, 2.24) is 25.8 Å². The third-order valence-electron chi connectivity index (χ3n) is 10.8. The minimum Gasteiger partial charge on any atom is -0.497 e. The maximum atomic E-state index is 14.8. The monoisotopic (exact) mass is 849 g/mol. The van der Waals surface area contributed by atoms with Crippen molar-refractivity contribution in [3.8, 4) is 22.8 Å². The number of allylic oxidation sites excluding steroid dienone is 1. The molecule has 328 valence electrons. The van der Waals surface area contributed by atoms with Crippen LogP contribution in [0.15, 0.2) is 97.6 Å². The zero-order chi connectivity index (χ0) is 44.4. The molecule has 1 aliphatic heterocycles. The second kappa shape index (κ2) is 19.8. The van der Waals surface area contributed by atoms with Crippen LogP contribution in [0, 0.1) is 5.92 Å². The van der Waals surface area contributed by atoms with Gasteiger partial charge in [-0.05, 0) is 70.1 Å². The molecule has 4 aromatic rings. The van der Waals surface area contributed by atoms with Crippen LogP contribution in [0.3, 0.4) is 0 Å². The predicted molar refractivity (Wildman–Crippen MR) is 231 cm³/mol. The average molecular weight is 850 g/mol. The van der Waals surface area contributed by atoms with Crippen LogP contribution in [0.4, 0.5) is 9.59 Å². The standard InChI is InChI=1S/C47H55N5O10/c1-7-8-19-32-27-47(32,43(55)59-6)51-41(53)39-25-34(61-40-26-37(31-17-13-10-14-18-31)49-38-24-33(58-5)20-21-35(38)40)28-52(39)42(54)36(50-45(57)62-46(2,3)4)22-23-48-44(56)60-29-30-15-11-9-12-16-30/h7,9-18,20-21,24,26,32,34,36,39H,1,8,19,22-23,25,27-29H2,2-6H3,(H,48,56)(H,50,57)(H,51,53)/t32?,34-,36+,39+,47-/m1/s1. The normalized spacial score (nSPS) is 19.7. The summed E-state index contributed by atoms with van der Waals surface area (Å²) >= 11 is 0. The summed E-state index contributed by atoms with van der Waals surface area (Å²) in [5, 5.41) is 8.94. The van der Waals surface area contributed by atoms with Gasteiger partial charge in [0.1, 0.15) is 47.4 Å². The number of ether oxygens (including phenoxy) is 5. The number of carbonyl (C=O) groups excluding carboxylic acids is 5. The number of hydrogen-bond donors (Lipinski definition) is 3. The van der Waals surface area contributed by atoms with Gasteiger partial charge in [-0.15, -0.1) is 6.58 Å². The van der Waals surface area contributed by atoms with E-state index in [-0.39, 0.29) is 38.5 Å². The number of esters is 1. The third kappa shape index (κ3) is 11.2. The van der Waals surface area contributed by atoms with Crippen LogP contribution in [0.2, 0.25) is 0 Å². The quantitative estimate of drug-likeness (QED) is 0.0601. The maximum Gasteiger partial charge on any atom is 0.408 e. The minimum absolute atomic E-state index is 0.0335. The van der Waals surface area contributed by atoms with Crippen molar-refractivity contribution in [3.63, 3.8) is 0 Å². The summed E-state index contributed by atoms with van der Waals surface area (Å²) in [6.45, 7) is 8.75. The Morgan fingerprint density at radius 3 is 2.37 bits per heavy atom. The number of benzene rings is 3. The Bertz CT molecular complexity index is 2250. The number of hydrogen-bond acceptors (Lipinski definition) is 11. The van der Waals surface area contributed by atoms with E-state index in [1.807, 2.05) is 72.8 Å². The fourth-order valence-electron chi connectivity index (χ4n) is 7.65. The van der Waals surface area contributed by atoms with Crippen molar-refractivity contribution in [2.24, 2.45) is 5.92 Å². The summed E-state index contributed by atoms with van der Waals surface area (Å²) in [6, 6.07) is 23.6. The van der Waals surface area contributed by atoms with Crippen molar-refractivity contribution in [1.29, 1.82) is 0 Å². The highest BCUT2D eigenvalue weighted by Gasteiger charge is 2.62. The van der Waals surface area contributed by atoms with Gasteiger partial charge in [-0.25, -0.2) is 19.4 Å². The van der Waals surface area contributed by atoms with Crippen LogP contribution in [0.1, 0.15) is 58.4 Å². The van der Waals surface area contributed by atoms with Crippen LogP contribution in [0.5, 0.6) is 11.5 Å². The molecule has 4 amide bonds. The van der Waals surface area contributed by atoms with Gasteiger partial charge in [-0.1, -0.05) is 66.7 Å². The lowest BCUT2D eigenvalue weighted by Gasteiger charge is -2.30. The first kappa shape index (κ1) is 44.9. The van der Waals surface area contributed by atoms with Gasteiger partial charge in [-0.3, -0.25) is 9.59 Å². The first-order chi connectivity index (χ1) is 29.7. The Balaban J connectivity index is 1.29. The second-order valence-corrected chi connectivity index (χ2v) is 16.4. The van der Waals surface area contributed by atoms with E-state index < -0.39 is 59.3 Å². The van der Waals surface area contributed by atoms with Gasteiger partial charge in [0.05, 0.1) is 32.0 Å². The number of nitrogens with zero attached hydrogens (tertiary/aromatic N) is 2. The molecule has 62 heavy (non-hydrogen) atoms. The highest BCUT2D eigenvalue weighted by molar-refractivity contribution is 5.96. The van der Waals surface area contributed by atoms with E-state index >= 15 is 0 Å². The summed E-state index contributed by atoms with van der Waals surface area (Å²) in [6.07, 6.45) is 0.987. The van der Waals surface area contributed by atoms with Gasteiger partial charge in [0.2, 0.25) is 11.8 Å². The molecular formula is C47H55N5O10. The lowest BCUT2D eigenvalue weighted by Crippen LogP contribution is -2.57. The number of likely N-dealkylation sites (tertiary alicyclic amines) is 1. The largest absolute Gasteiger partial charge is 0.497 e. The predicted octanol–water partition coefficient (Wildman–Crippen LogP) is 6.48. The first-order valence-corrected chi connectivity index (χ1v) is 20.7. The van der Waals surface area contributed by atoms with Crippen molar-refractivity contribution in [2.45, 2.75) is 88.8 Å². The maximum absolute atomic E-state index is 14.8. The third-order valence-corrected chi connectivity index (χ3v) is 10.8.